The zero-order chi connectivity index (χ0) is 21.8. The second-order valence-corrected chi connectivity index (χ2v) is 7.17. The lowest BCUT2D eigenvalue weighted by Crippen LogP contribution is -2.33. The summed E-state index contributed by atoms with van der Waals surface area (Å²) in [6.45, 7) is 1.30. The highest BCUT2D eigenvalue weighted by Crippen LogP contribution is 2.56. The van der Waals surface area contributed by atoms with Crippen molar-refractivity contribution in [1.29, 1.82) is 0 Å². The maximum atomic E-state index is 12.8. The maximum absolute atomic E-state index is 12.8. The van der Waals surface area contributed by atoms with Gasteiger partial charge in [0.05, 0.1) is 18.2 Å². The Morgan fingerprint density at radius 2 is 1.61 bits per heavy atom. The van der Waals surface area contributed by atoms with E-state index in [1.165, 1.54) is 14.0 Å². The maximum Gasteiger partial charge on any atom is 0.340 e. The first-order valence-electron chi connectivity index (χ1n) is 9.50. The average Bonchev–Trinajstić information content (AvgIpc) is 3.05. The minimum absolute atomic E-state index is 0.284. The Hall–Kier alpha value is -4.13. The Morgan fingerprint density at radius 1 is 0.903 bits per heavy atom. The van der Waals surface area contributed by atoms with Crippen LogP contribution in [-0.4, -0.2) is 25.0 Å². The molecule has 0 bridgehead atoms. The van der Waals surface area contributed by atoms with E-state index in [1.54, 1.807) is 48.5 Å². The first-order chi connectivity index (χ1) is 14.9. The molecular weight excluding hydrogens is 400 g/mol. The Bertz CT molecular complexity index is 1280. The molecule has 7 nitrogen and oxygen atoms in total. The fraction of sp³-hybridized carbons (Fsp3) is 0.125. The topological polar surface area (TPSA) is 88.1 Å². The zero-order valence-electron chi connectivity index (χ0n) is 16.6. The Kier molecular flexibility index (Phi) is 4.08. The molecule has 1 atom stereocenters. The number of benzene rings is 3. The van der Waals surface area contributed by atoms with Gasteiger partial charge in [-0.3, -0.25) is 4.79 Å². The number of ether oxygens (including phenoxy) is 4. The van der Waals surface area contributed by atoms with E-state index in [4.69, 9.17) is 18.9 Å². The highest BCUT2D eigenvalue weighted by atomic mass is 16.6. The largest absolute Gasteiger partial charge is 0.465 e. The molecular formula is C24H16O7. The molecule has 0 saturated carbocycles. The second-order valence-electron chi connectivity index (χ2n) is 7.17. The van der Waals surface area contributed by atoms with E-state index < -0.39 is 23.5 Å². The summed E-state index contributed by atoms with van der Waals surface area (Å²) in [6.07, 6.45) is 0. The number of methoxy groups -OCH3 is 1. The van der Waals surface area contributed by atoms with Crippen LogP contribution < -0.4 is 9.47 Å². The summed E-state index contributed by atoms with van der Waals surface area (Å²) >= 11 is 0. The molecule has 31 heavy (non-hydrogen) atoms. The van der Waals surface area contributed by atoms with Crippen LogP contribution in [0.25, 0.3) is 0 Å². The number of carbonyl (C=O) groups is 3. The summed E-state index contributed by atoms with van der Waals surface area (Å²) in [5.41, 5.74) is 1.29. The van der Waals surface area contributed by atoms with Crippen LogP contribution in [0.15, 0.2) is 60.7 Å². The summed E-state index contributed by atoms with van der Waals surface area (Å²) in [7, 11) is 1.29. The van der Waals surface area contributed by atoms with Gasteiger partial charge in [-0.15, -0.1) is 0 Å². The molecule has 7 heteroatoms. The third-order valence-electron chi connectivity index (χ3n) is 5.37. The normalized spacial score (nSPS) is 17.7. The van der Waals surface area contributed by atoms with Crippen molar-refractivity contribution in [3.8, 4) is 17.2 Å². The van der Waals surface area contributed by atoms with E-state index in [0.717, 1.165) is 0 Å². The van der Waals surface area contributed by atoms with E-state index in [1.807, 2.05) is 12.1 Å². The fourth-order valence-corrected chi connectivity index (χ4v) is 4.13. The van der Waals surface area contributed by atoms with Crippen molar-refractivity contribution >= 4 is 17.9 Å². The molecule has 154 valence electrons. The molecule has 0 aromatic heterocycles. The van der Waals surface area contributed by atoms with Crippen LogP contribution in [0.2, 0.25) is 0 Å². The van der Waals surface area contributed by atoms with Crippen molar-refractivity contribution in [1.82, 2.24) is 0 Å². The number of rotatable bonds is 2. The minimum Gasteiger partial charge on any atom is -0.465 e. The lowest BCUT2D eigenvalue weighted by atomic mass is 9.77. The monoisotopic (exact) mass is 416 g/mol. The number of esters is 3. The lowest BCUT2D eigenvalue weighted by molar-refractivity contribution is -0.131. The van der Waals surface area contributed by atoms with Gasteiger partial charge in [-0.2, -0.15) is 0 Å². The molecule has 5 rings (SSSR count). The summed E-state index contributed by atoms with van der Waals surface area (Å²) in [6, 6.07) is 16.8. The van der Waals surface area contributed by atoms with Gasteiger partial charge in [-0.05, 0) is 36.4 Å². The van der Waals surface area contributed by atoms with Gasteiger partial charge in [0.2, 0.25) is 0 Å². The molecule has 0 saturated heterocycles. The van der Waals surface area contributed by atoms with Crippen LogP contribution in [0.4, 0.5) is 0 Å². The van der Waals surface area contributed by atoms with Crippen molar-refractivity contribution in [2.45, 2.75) is 12.5 Å². The fourth-order valence-electron chi connectivity index (χ4n) is 4.13. The summed E-state index contributed by atoms with van der Waals surface area (Å²) in [4.78, 5) is 36.3. The zero-order valence-corrected chi connectivity index (χ0v) is 16.6. The van der Waals surface area contributed by atoms with Gasteiger partial charge in [0, 0.05) is 29.7 Å². The summed E-state index contributed by atoms with van der Waals surface area (Å²) < 4.78 is 22.1. The first kappa shape index (κ1) is 18.9. The molecule has 0 radical (unpaired) electrons. The molecule has 0 aliphatic carbocycles. The SMILES string of the molecule is COC(=O)c1ccc2c(c1)Oc1cc(OC(C)=O)ccc1C21OC(=O)c2ccccc21. The first-order valence-corrected chi connectivity index (χ1v) is 9.50. The van der Waals surface area contributed by atoms with E-state index in [2.05, 4.69) is 0 Å². The quantitative estimate of drug-likeness (QED) is 0.461. The smallest absolute Gasteiger partial charge is 0.340 e. The van der Waals surface area contributed by atoms with Crippen LogP contribution >= 0.6 is 0 Å². The van der Waals surface area contributed by atoms with E-state index in [9.17, 15) is 14.4 Å². The standard InChI is InChI=1S/C24H16O7/c1-13(25)29-15-8-10-19-21(12-15)30-20-11-14(22(26)28-2)7-9-18(20)24(19)17-6-4-3-5-16(17)23(27)31-24/h3-12H,1-2H3. The molecule has 3 aromatic rings. The number of fused-ring (bicyclic) bond motifs is 6. The molecule has 2 aliphatic rings. The minimum atomic E-state index is -1.26. The predicted molar refractivity (Wildman–Crippen MR) is 107 cm³/mol. The number of carbonyl (C=O) groups excluding carboxylic acids is 3. The molecule has 1 spiro atoms. The van der Waals surface area contributed by atoms with Gasteiger partial charge < -0.3 is 18.9 Å². The van der Waals surface area contributed by atoms with E-state index in [0.29, 0.717) is 33.8 Å². The number of hydrogen-bond donors (Lipinski definition) is 0. The molecule has 0 N–H and O–H groups in total. The van der Waals surface area contributed by atoms with Gasteiger partial charge in [0.15, 0.2) is 5.60 Å². The summed E-state index contributed by atoms with van der Waals surface area (Å²) in [5, 5.41) is 0. The third-order valence-corrected chi connectivity index (χ3v) is 5.37. The van der Waals surface area contributed by atoms with Crippen molar-refractivity contribution in [3.05, 3.63) is 88.5 Å². The van der Waals surface area contributed by atoms with Crippen molar-refractivity contribution < 1.29 is 33.3 Å². The Labute approximate surface area is 177 Å². The molecule has 1 unspecified atom stereocenters. The molecule has 0 fully saturated rings. The predicted octanol–water partition coefficient (Wildman–Crippen LogP) is 3.97. The second kappa shape index (κ2) is 6.70. The molecule has 0 amide bonds. The summed E-state index contributed by atoms with van der Waals surface area (Å²) in [5.74, 6) is -0.500. The van der Waals surface area contributed by atoms with Gasteiger partial charge in [-0.25, -0.2) is 9.59 Å². The van der Waals surface area contributed by atoms with Crippen molar-refractivity contribution in [3.63, 3.8) is 0 Å². The van der Waals surface area contributed by atoms with Gasteiger partial charge >= 0.3 is 17.9 Å². The van der Waals surface area contributed by atoms with Gasteiger partial charge in [0.1, 0.15) is 17.2 Å². The van der Waals surface area contributed by atoms with Crippen LogP contribution in [0.3, 0.4) is 0 Å². The Morgan fingerprint density at radius 3 is 2.35 bits per heavy atom. The van der Waals surface area contributed by atoms with Crippen molar-refractivity contribution in [2.24, 2.45) is 0 Å². The van der Waals surface area contributed by atoms with Crippen LogP contribution in [-0.2, 0) is 19.9 Å². The highest BCUT2D eigenvalue weighted by molar-refractivity contribution is 5.97. The van der Waals surface area contributed by atoms with Crippen molar-refractivity contribution in [2.75, 3.05) is 7.11 Å². The average molecular weight is 416 g/mol. The van der Waals surface area contributed by atoms with Crippen LogP contribution in [0.1, 0.15) is 44.3 Å². The lowest BCUT2D eigenvalue weighted by Gasteiger charge is -2.36. The number of hydrogen-bond acceptors (Lipinski definition) is 7. The van der Waals surface area contributed by atoms with Crippen LogP contribution in [0, 0.1) is 0 Å². The Balaban J connectivity index is 1.79. The third kappa shape index (κ3) is 2.70. The van der Waals surface area contributed by atoms with Gasteiger partial charge in [0.25, 0.3) is 0 Å². The molecule has 2 aliphatic heterocycles. The highest BCUT2D eigenvalue weighted by Gasteiger charge is 2.53. The molecule has 3 aromatic carbocycles. The van der Waals surface area contributed by atoms with Crippen LogP contribution in [0.5, 0.6) is 17.2 Å². The molecule has 2 heterocycles. The van der Waals surface area contributed by atoms with Gasteiger partial charge in [-0.1, -0.05) is 18.2 Å². The van der Waals surface area contributed by atoms with E-state index >= 15 is 0 Å². The van der Waals surface area contributed by atoms with E-state index in [-0.39, 0.29) is 11.3 Å².